The van der Waals surface area contributed by atoms with Crippen molar-refractivity contribution in [1.29, 1.82) is 0 Å². The molecule has 1 aromatic carbocycles. The summed E-state index contributed by atoms with van der Waals surface area (Å²) in [7, 11) is 0. The molecule has 0 aliphatic rings. The second kappa shape index (κ2) is 8.14. The van der Waals surface area contributed by atoms with Gasteiger partial charge in [0.05, 0.1) is 12.2 Å². The van der Waals surface area contributed by atoms with Crippen LogP contribution in [0.3, 0.4) is 0 Å². The number of hydrogen-bond donors (Lipinski definition) is 2. The summed E-state index contributed by atoms with van der Waals surface area (Å²) in [5, 5.41) is 6.34. The quantitative estimate of drug-likeness (QED) is 0.518. The molecule has 2 N–H and O–H groups in total. The average Bonchev–Trinajstić information content (AvgIpc) is 3.22. The number of aryl methyl sites for hydroxylation is 1. The van der Waals surface area contributed by atoms with Crippen LogP contribution < -0.4 is 10.9 Å². The van der Waals surface area contributed by atoms with E-state index in [0.29, 0.717) is 18.8 Å². The number of H-pyrrole nitrogens is 1. The highest BCUT2D eigenvalue weighted by atomic mass is 32.1. The Morgan fingerprint density at radius 3 is 2.64 bits per heavy atom. The first-order chi connectivity index (χ1) is 13.7. The lowest BCUT2D eigenvalue weighted by Gasteiger charge is -2.06. The van der Waals surface area contributed by atoms with Crippen LogP contribution in [0.4, 0.5) is 5.82 Å². The van der Waals surface area contributed by atoms with Crippen molar-refractivity contribution in [2.45, 2.75) is 19.9 Å². The van der Waals surface area contributed by atoms with Gasteiger partial charge >= 0.3 is 0 Å². The minimum absolute atomic E-state index is 0.151. The lowest BCUT2D eigenvalue weighted by atomic mass is 10.2. The van der Waals surface area contributed by atoms with Crippen LogP contribution in [0.1, 0.15) is 18.3 Å². The predicted molar refractivity (Wildman–Crippen MR) is 112 cm³/mol. The van der Waals surface area contributed by atoms with Gasteiger partial charge in [0.15, 0.2) is 0 Å². The molecule has 0 saturated heterocycles. The summed E-state index contributed by atoms with van der Waals surface area (Å²) in [5.41, 5.74) is 3.48. The van der Waals surface area contributed by atoms with Crippen molar-refractivity contribution >= 4 is 17.2 Å². The van der Waals surface area contributed by atoms with E-state index in [9.17, 15) is 4.79 Å². The van der Waals surface area contributed by atoms with Gasteiger partial charge in [0.2, 0.25) is 0 Å². The monoisotopic (exact) mass is 389 g/mol. The SMILES string of the molecule is CCc1cc(=O)[nH]c(-c2ccc(NCc3csc(-c4ccccc4)n3)nc2)n1. The van der Waals surface area contributed by atoms with Crippen LogP contribution in [0, 0.1) is 0 Å². The predicted octanol–water partition coefficient (Wildman–Crippen LogP) is 4.13. The number of hydrogen-bond acceptors (Lipinski definition) is 6. The maximum absolute atomic E-state index is 11.7. The molecule has 0 radical (unpaired) electrons. The van der Waals surface area contributed by atoms with Gasteiger partial charge in [-0.3, -0.25) is 4.79 Å². The number of nitrogens with one attached hydrogen (secondary N) is 2. The summed E-state index contributed by atoms with van der Waals surface area (Å²) in [6, 6.07) is 15.4. The zero-order valence-corrected chi connectivity index (χ0v) is 16.2. The summed E-state index contributed by atoms with van der Waals surface area (Å²) in [6.45, 7) is 2.56. The molecule has 4 aromatic rings. The summed E-state index contributed by atoms with van der Waals surface area (Å²) in [6.07, 6.45) is 2.42. The van der Waals surface area contributed by atoms with E-state index in [1.165, 1.54) is 6.07 Å². The van der Waals surface area contributed by atoms with Gasteiger partial charge in [-0.25, -0.2) is 15.0 Å². The topological polar surface area (TPSA) is 83.6 Å². The third-order valence-corrected chi connectivity index (χ3v) is 5.16. The number of pyridine rings is 1. The molecule has 28 heavy (non-hydrogen) atoms. The van der Waals surface area contributed by atoms with Crippen molar-refractivity contribution in [2.24, 2.45) is 0 Å². The second-order valence-corrected chi connectivity index (χ2v) is 7.09. The van der Waals surface area contributed by atoms with E-state index in [2.05, 4.69) is 42.8 Å². The van der Waals surface area contributed by atoms with Gasteiger partial charge in [-0.05, 0) is 18.6 Å². The van der Waals surface area contributed by atoms with Crippen molar-refractivity contribution in [1.82, 2.24) is 19.9 Å². The molecule has 4 rings (SSSR count). The zero-order valence-electron chi connectivity index (χ0n) is 15.3. The molecule has 0 saturated carbocycles. The number of anilines is 1. The maximum atomic E-state index is 11.7. The lowest BCUT2D eigenvalue weighted by Crippen LogP contribution is -2.10. The summed E-state index contributed by atoms with van der Waals surface area (Å²) >= 11 is 1.63. The molecule has 0 spiro atoms. The van der Waals surface area contributed by atoms with Crippen molar-refractivity contribution in [2.75, 3.05) is 5.32 Å². The number of aromatic amines is 1. The Bertz CT molecular complexity index is 1120. The minimum atomic E-state index is -0.151. The van der Waals surface area contributed by atoms with Crippen LogP contribution in [-0.2, 0) is 13.0 Å². The van der Waals surface area contributed by atoms with Crippen molar-refractivity contribution < 1.29 is 0 Å². The van der Waals surface area contributed by atoms with Gasteiger partial charge in [-0.1, -0.05) is 37.3 Å². The Balaban J connectivity index is 1.44. The molecule has 0 unspecified atom stereocenters. The van der Waals surface area contributed by atoms with Crippen LogP contribution in [0.15, 0.2) is 64.9 Å². The van der Waals surface area contributed by atoms with Gasteiger partial charge in [-0.2, -0.15) is 0 Å². The van der Waals surface area contributed by atoms with Gasteiger partial charge < -0.3 is 10.3 Å². The van der Waals surface area contributed by atoms with Crippen molar-refractivity contribution in [3.63, 3.8) is 0 Å². The molecule has 0 aliphatic heterocycles. The Morgan fingerprint density at radius 1 is 1.04 bits per heavy atom. The summed E-state index contributed by atoms with van der Waals surface area (Å²) in [4.78, 5) is 28.0. The average molecular weight is 389 g/mol. The van der Waals surface area contributed by atoms with E-state index < -0.39 is 0 Å². The van der Waals surface area contributed by atoms with E-state index in [4.69, 9.17) is 0 Å². The summed E-state index contributed by atoms with van der Waals surface area (Å²) < 4.78 is 0. The molecule has 3 aromatic heterocycles. The normalized spacial score (nSPS) is 10.8. The Labute approximate surface area is 166 Å². The Kier molecular flexibility index (Phi) is 5.25. The van der Waals surface area contributed by atoms with Crippen LogP contribution in [-0.4, -0.2) is 19.9 Å². The van der Waals surface area contributed by atoms with E-state index >= 15 is 0 Å². The lowest BCUT2D eigenvalue weighted by molar-refractivity contribution is 0.985. The molecule has 6 nitrogen and oxygen atoms in total. The zero-order chi connectivity index (χ0) is 19.3. The number of aromatic nitrogens is 4. The highest BCUT2D eigenvalue weighted by molar-refractivity contribution is 7.13. The van der Waals surface area contributed by atoms with Crippen LogP contribution >= 0.6 is 11.3 Å². The third kappa shape index (κ3) is 4.15. The van der Waals surface area contributed by atoms with E-state index in [1.807, 2.05) is 37.3 Å². The third-order valence-electron chi connectivity index (χ3n) is 4.22. The largest absolute Gasteiger partial charge is 0.364 e. The molecule has 0 aliphatic carbocycles. The van der Waals surface area contributed by atoms with Crippen molar-refractivity contribution in [3.8, 4) is 22.0 Å². The highest BCUT2D eigenvalue weighted by Crippen LogP contribution is 2.23. The molecule has 0 bridgehead atoms. The fourth-order valence-corrected chi connectivity index (χ4v) is 3.57. The first kappa shape index (κ1) is 18.1. The van der Waals surface area contributed by atoms with Crippen molar-refractivity contribution in [3.05, 3.63) is 81.8 Å². The van der Waals surface area contributed by atoms with E-state index in [-0.39, 0.29) is 5.56 Å². The smallest absolute Gasteiger partial charge is 0.251 e. The van der Waals surface area contributed by atoms with E-state index in [0.717, 1.165) is 33.3 Å². The van der Waals surface area contributed by atoms with Crippen LogP contribution in [0.25, 0.3) is 22.0 Å². The molecule has 3 heterocycles. The summed E-state index contributed by atoms with van der Waals surface area (Å²) in [5.74, 6) is 1.28. The van der Waals surface area contributed by atoms with Crippen LogP contribution in [0.2, 0.25) is 0 Å². The van der Waals surface area contributed by atoms with Gasteiger partial charge in [0.1, 0.15) is 16.6 Å². The Hall–Kier alpha value is -3.32. The molecule has 0 fully saturated rings. The van der Waals surface area contributed by atoms with Gasteiger partial charge in [-0.15, -0.1) is 11.3 Å². The number of nitrogens with zero attached hydrogens (tertiary/aromatic N) is 3. The standard InChI is InChI=1S/C21H19N5OS/c1-2-16-10-19(27)26-20(24-16)15-8-9-18(22-11-15)23-12-17-13-28-21(25-17)14-6-4-3-5-7-14/h3-11,13H,2,12H2,1H3,(H,22,23)(H,24,26,27). The van der Waals surface area contributed by atoms with Gasteiger partial charge in [0.25, 0.3) is 5.56 Å². The molecular weight excluding hydrogens is 370 g/mol. The van der Waals surface area contributed by atoms with Gasteiger partial charge in [0, 0.05) is 34.5 Å². The number of thiazole rings is 1. The fraction of sp³-hybridized carbons (Fsp3) is 0.143. The highest BCUT2D eigenvalue weighted by Gasteiger charge is 2.06. The van der Waals surface area contributed by atoms with E-state index in [1.54, 1.807) is 17.5 Å². The fourth-order valence-electron chi connectivity index (χ4n) is 2.75. The Morgan fingerprint density at radius 2 is 1.89 bits per heavy atom. The molecule has 0 atom stereocenters. The molecule has 0 amide bonds. The molecule has 140 valence electrons. The number of benzene rings is 1. The van der Waals surface area contributed by atoms with Crippen LogP contribution in [0.5, 0.6) is 0 Å². The first-order valence-electron chi connectivity index (χ1n) is 9.01. The first-order valence-corrected chi connectivity index (χ1v) is 9.89. The molecule has 7 heteroatoms. The molecular formula is C21H19N5OS. The second-order valence-electron chi connectivity index (χ2n) is 6.23. The number of rotatable bonds is 6. The minimum Gasteiger partial charge on any atom is -0.364 e. The maximum Gasteiger partial charge on any atom is 0.251 e.